The molecule has 0 saturated carbocycles. The summed E-state index contributed by atoms with van der Waals surface area (Å²) in [4.78, 5) is 0. The van der Waals surface area contributed by atoms with Crippen LogP contribution in [-0.2, 0) is 16.8 Å². The highest BCUT2D eigenvalue weighted by molar-refractivity contribution is 5.44. The topological polar surface area (TPSA) is 9.23 Å². The number of hydrogen-bond donors (Lipinski definition) is 0. The molecule has 2 atom stereocenters. The van der Waals surface area contributed by atoms with E-state index in [0.717, 1.165) is 24.0 Å². The maximum absolute atomic E-state index is 15.4. The number of alkyl halides is 1. The SMILES string of the molecule is CC(C)O[C@]1(c2ccccc2)c2ccccc2CCC[C@@H]1F. The van der Waals surface area contributed by atoms with Gasteiger partial charge in [0.2, 0.25) is 0 Å². The van der Waals surface area contributed by atoms with E-state index in [9.17, 15) is 0 Å². The van der Waals surface area contributed by atoms with E-state index in [0.29, 0.717) is 6.42 Å². The third kappa shape index (κ3) is 2.56. The number of aryl methyl sites for hydroxylation is 1. The lowest BCUT2D eigenvalue weighted by Crippen LogP contribution is -2.42. The summed E-state index contributed by atoms with van der Waals surface area (Å²) in [6.45, 7) is 3.95. The van der Waals surface area contributed by atoms with Gasteiger partial charge in [-0.05, 0) is 49.8 Å². The molecule has 0 amide bonds. The van der Waals surface area contributed by atoms with Gasteiger partial charge in [0.15, 0.2) is 0 Å². The van der Waals surface area contributed by atoms with E-state index in [1.165, 1.54) is 5.56 Å². The van der Waals surface area contributed by atoms with Crippen LogP contribution in [-0.4, -0.2) is 12.3 Å². The van der Waals surface area contributed by atoms with Gasteiger partial charge in [0.25, 0.3) is 0 Å². The highest BCUT2D eigenvalue weighted by Gasteiger charge is 2.46. The zero-order valence-electron chi connectivity index (χ0n) is 13.3. The molecule has 22 heavy (non-hydrogen) atoms. The van der Waals surface area contributed by atoms with Crippen LogP contribution in [0.3, 0.4) is 0 Å². The van der Waals surface area contributed by atoms with Crippen LogP contribution in [0.2, 0.25) is 0 Å². The summed E-state index contributed by atoms with van der Waals surface area (Å²) in [5, 5.41) is 0. The first-order valence-electron chi connectivity index (χ1n) is 8.10. The van der Waals surface area contributed by atoms with Crippen molar-refractivity contribution in [2.24, 2.45) is 0 Å². The van der Waals surface area contributed by atoms with Crippen LogP contribution in [0, 0.1) is 0 Å². The first-order chi connectivity index (χ1) is 10.6. The summed E-state index contributed by atoms with van der Waals surface area (Å²) in [5.74, 6) is 0. The van der Waals surface area contributed by atoms with Crippen molar-refractivity contribution in [3.63, 3.8) is 0 Å². The second kappa shape index (κ2) is 6.21. The molecule has 0 N–H and O–H groups in total. The number of ether oxygens (including phenoxy) is 1. The Labute approximate surface area is 132 Å². The van der Waals surface area contributed by atoms with Crippen molar-refractivity contribution >= 4 is 0 Å². The van der Waals surface area contributed by atoms with Gasteiger partial charge in [0.05, 0.1) is 6.10 Å². The van der Waals surface area contributed by atoms with Crippen LogP contribution in [0.4, 0.5) is 4.39 Å². The van der Waals surface area contributed by atoms with Gasteiger partial charge in [-0.3, -0.25) is 0 Å². The van der Waals surface area contributed by atoms with Crippen molar-refractivity contribution < 1.29 is 9.13 Å². The van der Waals surface area contributed by atoms with E-state index in [4.69, 9.17) is 4.74 Å². The fourth-order valence-electron chi connectivity index (χ4n) is 3.54. The second-order valence-corrected chi connectivity index (χ2v) is 6.29. The van der Waals surface area contributed by atoms with E-state index in [-0.39, 0.29) is 6.10 Å². The number of fused-ring (bicyclic) bond motifs is 1. The molecule has 0 aromatic heterocycles. The van der Waals surface area contributed by atoms with Gasteiger partial charge in [-0.1, -0.05) is 54.6 Å². The lowest BCUT2D eigenvalue weighted by atomic mass is 9.80. The first kappa shape index (κ1) is 15.2. The van der Waals surface area contributed by atoms with Crippen molar-refractivity contribution in [1.29, 1.82) is 0 Å². The van der Waals surface area contributed by atoms with Crippen molar-refractivity contribution in [3.05, 3.63) is 71.3 Å². The van der Waals surface area contributed by atoms with Gasteiger partial charge >= 0.3 is 0 Å². The van der Waals surface area contributed by atoms with E-state index >= 15 is 4.39 Å². The molecule has 0 saturated heterocycles. The maximum atomic E-state index is 15.4. The van der Waals surface area contributed by atoms with Crippen molar-refractivity contribution in [2.45, 2.75) is 51.0 Å². The van der Waals surface area contributed by atoms with E-state index < -0.39 is 11.8 Å². The normalized spacial score (nSPS) is 24.8. The standard InChI is InChI=1S/C20H23FO/c1-15(2)22-20(17-11-4-3-5-12-17)18-13-7-6-9-16(18)10-8-14-19(20)21/h3-7,9,11-13,15,19H,8,10,14H2,1-2H3/t19-,20+/m0/s1. The van der Waals surface area contributed by atoms with Gasteiger partial charge in [0, 0.05) is 0 Å². The van der Waals surface area contributed by atoms with Crippen molar-refractivity contribution in [1.82, 2.24) is 0 Å². The highest BCUT2D eigenvalue weighted by atomic mass is 19.1. The maximum Gasteiger partial charge on any atom is 0.150 e. The Morgan fingerprint density at radius 3 is 2.45 bits per heavy atom. The largest absolute Gasteiger partial charge is 0.360 e. The third-order valence-electron chi connectivity index (χ3n) is 4.39. The Hall–Kier alpha value is -1.67. The Kier molecular flexibility index (Phi) is 4.30. The summed E-state index contributed by atoms with van der Waals surface area (Å²) in [6.07, 6.45) is 1.20. The summed E-state index contributed by atoms with van der Waals surface area (Å²) in [6, 6.07) is 18.0. The molecule has 1 aliphatic carbocycles. The molecule has 0 heterocycles. The molecule has 0 unspecified atom stereocenters. The molecule has 2 aromatic rings. The second-order valence-electron chi connectivity index (χ2n) is 6.29. The molecular formula is C20H23FO. The zero-order chi connectivity index (χ0) is 15.6. The third-order valence-corrected chi connectivity index (χ3v) is 4.39. The van der Waals surface area contributed by atoms with Crippen LogP contribution >= 0.6 is 0 Å². The molecular weight excluding hydrogens is 275 g/mol. The predicted molar refractivity (Wildman–Crippen MR) is 87.7 cm³/mol. The summed E-state index contributed by atoms with van der Waals surface area (Å²) < 4.78 is 21.7. The predicted octanol–water partition coefficient (Wildman–Crippen LogP) is 5.03. The van der Waals surface area contributed by atoms with Crippen LogP contribution in [0.25, 0.3) is 0 Å². The van der Waals surface area contributed by atoms with Crippen LogP contribution in [0.15, 0.2) is 54.6 Å². The van der Waals surface area contributed by atoms with Gasteiger partial charge in [0.1, 0.15) is 11.8 Å². The van der Waals surface area contributed by atoms with Gasteiger partial charge < -0.3 is 4.74 Å². The Morgan fingerprint density at radius 1 is 1.05 bits per heavy atom. The minimum atomic E-state index is -1.04. The lowest BCUT2D eigenvalue weighted by molar-refractivity contribution is -0.104. The van der Waals surface area contributed by atoms with Crippen LogP contribution in [0.1, 0.15) is 43.4 Å². The van der Waals surface area contributed by atoms with E-state index in [1.54, 1.807) is 0 Å². The number of hydrogen-bond acceptors (Lipinski definition) is 1. The lowest BCUT2D eigenvalue weighted by Gasteiger charge is -2.39. The Balaban J connectivity index is 2.26. The molecule has 1 aliphatic rings. The van der Waals surface area contributed by atoms with Gasteiger partial charge in [-0.15, -0.1) is 0 Å². The summed E-state index contributed by atoms with van der Waals surface area (Å²) in [7, 11) is 0. The molecule has 2 aromatic carbocycles. The molecule has 116 valence electrons. The minimum Gasteiger partial charge on any atom is -0.360 e. The molecule has 1 nitrogen and oxygen atoms in total. The molecule has 2 heteroatoms. The van der Waals surface area contributed by atoms with Crippen LogP contribution in [0.5, 0.6) is 0 Å². The average Bonchev–Trinajstić information content (AvgIpc) is 2.66. The van der Waals surface area contributed by atoms with E-state index in [2.05, 4.69) is 6.07 Å². The number of halogens is 1. The minimum absolute atomic E-state index is 0.0513. The zero-order valence-corrected chi connectivity index (χ0v) is 13.3. The summed E-state index contributed by atoms with van der Waals surface area (Å²) >= 11 is 0. The highest BCUT2D eigenvalue weighted by Crippen LogP contribution is 2.45. The fraction of sp³-hybridized carbons (Fsp3) is 0.400. The molecule has 0 bridgehead atoms. The van der Waals surface area contributed by atoms with E-state index in [1.807, 2.05) is 62.4 Å². The smallest absolute Gasteiger partial charge is 0.150 e. The van der Waals surface area contributed by atoms with Gasteiger partial charge in [-0.2, -0.15) is 0 Å². The average molecular weight is 298 g/mol. The fourth-order valence-corrected chi connectivity index (χ4v) is 3.54. The molecule has 0 fully saturated rings. The van der Waals surface area contributed by atoms with Gasteiger partial charge in [-0.25, -0.2) is 4.39 Å². The molecule has 3 rings (SSSR count). The molecule has 0 radical (unpaired) electrons. The van der Waals surface area contributed by atoms with Crippen molar-refractivity contribution in [3.8, 4) is 0 Å². The number of rotatable bonds is 3. The molecule has 0 spiro atoms. The monoisotopic (exact) mass is 298 g/mol. The first-order valence-corrected chi connectivity index (χ1v) is 8.10. The summed E-state index contributed by atoms with van der Waals surface area (Å²) in [5.41, 5.74) is 2.10. The Bertz CT molecular complexity index is 623. The Morgan fingerprint density at radius 2 is 1.73 bits per heavy atom. The molecule has 0 aliphatic heterocycles. The van der Waals surface area contributed by atoms with Crippen molar-refractivity contribution in [2.75, 3.05) is 0 Å². The van der Waals surface area contributed by atoms with Crippen LogP contribution < -0.4 is 0 Å². The quantitative estimate of drug-likeness (QED) is 0.722. The number of benzene rings is 2.